The number of nitrogens with one attached hydrogen (secondary N) is 1. The molecular weight excluding hydrogens is 522 g/mol. The van der Waals surface area contributed by atoms with E-state index in [1.807, 2.05) is 5.38 Å². The smallest absolute Gasteiger partial charge is 0.337 e. The highest BCUT2D eigenvalue weighted by Crippen LogP contribution is 2.53. The van der Waals surface area contributed by atoms with Crippen LogP contribution in [0.15, 0.2) is 58.8 Å². The summed E-state index contributed by atoms with van der Waals surface area (Å²) in [6.45, 7) is 7.15. The van der Waals surface area contributed by atoms with Gasteiger partial charge >= 0.3 is 5.97 Å². The summed E-state index contributed by atoms with van der Waals surface area (Å²) in [6.07, 6.45) is 2.76. The van der Waals surface area contributed by atoms with E-state index < -0.39 is 16.0 Å². The minimum Gasteiger partial charge on any atom is -0.465 e. The van der Waals surface area contributed by atoms with E-state index in [2.05, 4.69) is 31.1 Å². The maximum Gasteiger partial charge on any atom is 0.337 e. The van der Waals surface area contributed by atoms with Crippen molar-refractivity contribution in [2.24, 2.45) is 10.8 Å². The molecule has 2 aromatic carbocycles. The molecule has 1 saturated heterocycles. The lowest BCUT2D eigenvalue weighted by Crippen LogP contribution is -2.37. The Morgan fingerprint density at radius 2 is 1.68 bits per heavy atom. The number of thiazole rings is 1. The SMILES string of the molecule is COC(=O)c1ccc(-c2csc(NC(=O)c3ccc(S(=O)(=O)N4C[C@]5(C)C[C@@H]4CC(C)(C)C5)cc3)n2)cc1. The number of hydrogen-bond donors (Lipinski definition) is 1. The Labute approximate surface area is 227 Å². The van der Waals surface area contributed by atoms with Crippen molar-refractivity contribution in [3.63, 3.8) is 0 Å². The van der Waals surface area contributed by atoms with Crippen molar-refractivity contribution in [3.05, 3.63) is 65.0 Å². The van der Waals surface area contributed by atoms with Gasteiger partial charge in [-0.25, -0.2) is 18.2 Å². The molecule has 2 atom stereocenters. The van der Waals surface area contributed by atoms with E-state index in [9.17, 15) is 18.0 Å². The summed E-state index contributed by atoms with van der Waals surface area (Å²) < 4.78 is 33.4. The average Bonchev–Trinajstić information content (AvgIpc) is 3.44. The molecule has 2 bridgehead atoms. The average molecular weight is 554 g/mol. The Kier molecular flexibility index (Phi) is 6.69. The van der Waals surface area contributed by atoms with Gasteiger partial charge in [0, 0.05) is 29.1 Å². The van der Waals surface area contributed by atoms with Crippen LogP contribution in [-0.2, 0) is 14.8 Å². The van der Waals surface area contributed by atoms with Crippen LogP contribution >= 0.6 is 11.3 Å². The zero-order valence-corrected chi connectivity index (χ0v) is 23.5. The van der Waals surface area contributed by atoms with E-state index in [1.165, 1.54) is 42.7 Å². The summed E-state index contributed by atoms with van der Waals surface area (Å²) in [7, 11) is -2.33. The molecule has 10 heteroatoms. The molecule has 200 valence electrons. The first-order valence-corrected chi connectivity index (χ1v) is 14.8. The van der Waals surface area contributed by atoms with Crippen LogP contribution in [0.1, 0.15) is 60.7 Å². The second-order valence-corrected chi connectivity index (χ2v) is 14.1. The molecule has 0 spiro atoms. The van der Waals surface area contributed by atoms with Crippen molar-refractivity contribution in [2.75, 3.05) is 19.0 Å². The Morgan fingerprint density at radius 1 is 1.03 bits per heavy atom. The van der Waals surface area contributed by atoms with Gasteiger partial charge in [0.2, 0.25) is 10.0 Å². The Balaban J connectivity index is 1.27. The van der Waals surface area contributed by atoms with Gasteiger partial charge in [-0.1, -0.05) is 32.9 Å². The van der Waals surface area contributed by atoms with Gasteiger partial charge in [-0.3, -0.25) is 10.1 Å². The highest BCUT2D eigenvalue weighted by molar-refractivity contribution is 7.89. The van der Waals surface area contributed by atoms with Crippen LogP contribution in [0.25, 0.3) is 11.3 Å². The molecule has 1 aliphatic carbocycles. The maximum absolute atomic E-state index is 13.5. The van der Waals surface area contributed by atoms with Crippen molar-refractivity contribution in [1.29, 1.82) is 0 Å². The number of rotatable bonds is 6. The number of sulfonamides is 1. The molecular formula is C28H31N3O5S2. The third-order valence-corrected chi connectivity index (χ3v) is 10.1. The largest absolute Gasteiger partial charge is 0.465 e. The van der Waals surface area contributed by atoms with Gasteiger partial charge in [0.25, 0.3) is 5.91 Å². The van der Waals surface area contributed by atoms with Gasteiger partial charge in [-0.2, -0.15) is 4.31 Å². The van der Waals surface area contributed by atoms with Gasteiger partial charge in [-0.15, -0.1) is 11.3 Å². The second kappa shape index (κ2) is 9.59. The summed E-state index contributed by atoms with van der Waals surface area (Å²) in [4.78, 5) is 29.1. The number of carbonyl (C=O) groups is 2. The number of aromatic nitrogens is 1. The van der Waals surface area contributed by atoms with E-state index in [-0.39, 0.29) is 27.7 Å². The van der Waals surface area contributed by atoms with E-state index in [4.69, 9.17) is 4.74 Å². The first kappa shape index (κ1) is 26.5. The minimum absolute atomic E-state index is 0.00470. The summed E-state index contributed by atoms with van der Waals surface area (Å²) in [5.41, 5.74) is 2.36. The standard InChI is InChI=1S/C28H31N3O5S2/c1-27(2)13-21-14-28(3,16-27)17-31(21)38(34,35)22-11-9-19(10-12-22)24(32)30-26-29-23(15-37-26)18-5-7-20(8-6-18)25(33)36-4/h5-12,15,21H,13-14,16-17H2,1-4H3,(H,29,30,32)/t21-,28+/m0/s1. The summed E-state index contributed by atoms with van der Waals surface area (Å²) in [5.74, 6) is -0.787. The van der Waals surface area contributed by atoms with E-state index >= 15 is 0 Å². The van der Waals surface area contributed by atoms with Crippen LogP contribution in [0.5, 0.6) is 0 Å². The Hall–Kier alpha value is -3.08. The third-order valence-electron chi connectivity index (χ3n) is 7.42. The molecule has 2 aliphatic rings. The van der Waals surface area contributed by atoms with Gasteiger partial charge < -0.3 is 4.74 Å². The lowest BCUT2D eigenvalue weighted by Gasteiger charge is -2.39. The summed E-state index contributed by atoms with van der Waals surface area (Å²) >= 11 is 1.28. The predicted octanol–water partition coefficient (Wildman–Crippen LogP) is 5.44. The molecule has 38 heavy (non-hydrogen) atoms. The molecule has 1 aliphatic heterocycles. The fourth-order valence-electron chi connectivity index (χ4n) is 6.13. The number of nitrogens with zero attached hydrogens (tertiary/aromatic N) is 2. The van der Waals surface area contributed by atoms with Gasteiger partial charge in [-0.05, 0) is 66.5 Å². The lowest BCUT2D eigenvalue weighted by molar-refractivity contribution is 0.0600. The zero-order chi connectivity index (χ0) is 27.3. The number of anilines is 1. The van der Waals surface area contributed by atoms with Crippen molar-refractivity contribution >= 4 is 38.4 Å². The number of fused-ring (bicyclic) bond motifs is 2. The molecule has 3 aromatic rings. The highest BCUT2D eigenvalue weighted by Gasteiger charge is 2.53. The van der Waals surface area contributed by atoms with Crippen molar-refractivity contribution in [3.8, 4) is 11.3 Å². The molecule has 8 nitrogen and oxygen atoms in total. The lowest BCUT2D eigenvalue weighted by atomic mass is 9.65. The molecule has 1 N–H and O–H groups in total. The molecule has 0 unspecified atom stereocenters. The number of carbonyl (C=O) groups excluding carboxylic acids is 2. The number of methoxy groups -OCH3 is 1. The van der Waals surface area contributed by atoms with Crippen LogP contribution in [0.4, 0.5) is 5.13 Å². The normalized spacial score (nSPS) is 22.7. The van der Waals surface area contributed by atoms with E-state index in [0.717, 1.165) is 24.8 Å². The van der Waals surface area contributed by atoms with Crippen LogP contribution in [0, 0.1) is 10.8 Å². The zero-order valence-electron chi connectivity index (χ0n) is 21.9. The fourth-order valence-corrected chi connectivity index (χ4v) is 8.62. The predicted molar refractivity (Wildman–Crippen MR) is 147 cm³/mol. The first-order chi connectivity index (χ1) is 17.9. The molecule has 5 rings (SSSR count). The molecule has 2 fully saturated rings. The van der Waals surface area contributed by atoms with Crippen LogP contribution in [-0.4, -0.2) is 49.3 Å². The van der Waals surface area contributed by atoms with Crippen molar-refractivity contribution < 1.29 is 22.7 Å². The van der Waals surface area contributed by atoms with Crippen LogP contribution in [0.2, 0.25) is 0 Å². The number of ether oxygens (including phenoxy) is 1. The monoisotopic (exact) mass is 553 g/mol. The minimum atomic E-state index is -3.66. The fraction of sp³-hybridized carbons (Fsp3) is 0.393. The molecule has 2 heterocycles. The number of amides is 1. The van der Waals surface area contributed by atoms with Crippen molar-refractivity contribution in [2.45, 2.75) is 51.0 Å². The van der Waals surface area contributed by atoms with Gasteiger partial charge in [0.15, 0.2) is 5.13 Å². The number of esters is 1. The summed E-state index contributed by atoms with van der Waals surface area (Å²) in [5, 5.41) is 5.01. The second-order valence-electron chi connectivity index (χ2n) is 11.3. The Bertz CT molecular complexity index is 1480. The first-order valence-electron chi connectivity index (χ1n) is 12.5. The van der Waals surface area contributed by atoms with Crippen LogP contribution in [0.3, 0.4) is 0 Å². The molecule has 1 amide bonds. The molecule has 1 saturated carbocycles. The van der Waals surface area contributed by atoms with Gasteiger partial charge in [0.05, 0.1) is 23.3 Å². The maximum atomic E-state index is 13.5. The van der Waals surface area contributed by atoms with E-state index in [0.29, 0.717) is 28.5 Å². The van der Waals surface area contributed by atoms with E-state index in [1.54, 1.807) is 28.6 Å². The van der Waals surface area contributed by atoms with Crippen LogP contribution < -0.4 is 5.32 Å². The molecule has 1 aromatic heterocycles. The summed E-state index contributed by atoms with van der Waals surface area (Å²) in [6, 6.07) is 12.9. The number of hydrogen-bond acceptors (Lipinski definition) is 7. The third kappa shape index (κ3) is 5.12. The number of benzene rings is 2. The topological polar surface area (TPSA) is 106 Å². The van der Waals surface area contributed by atoms with Crippen molar-refractivity contribution in [1.82, 2.24) is 9.29 Å². The molecule has 0 radical (unpaired) electrons. The van der Waals surface area contributed by atoms with Gasteiger partial charge in [0.1, 0.15) is 0 Å². The quantitative estimate of drug-likeness (QED) is 0.408. The Morgan fingerprint density at radius 3 is 2.34 bits per heavy atom. The highest BCUT2D eigenvalue weighted by atomic mass is 32.2.